The Labute approximate surface area is 202 Å². The number of rotatable bonds is 4. The molecule has 0 radical (unpaired) electrons. The molecular formula is C20H16F3N2O2SSm-. The molecule has 4 rings (SSSR count). The summed E-state index contributed by atoms with van der Waals surface area (Å²) < 4.78 is 40.5. The predicted octanol–water partition coefficient (Wildman–Crippen LogP) is 5.36. The first-order valence-electron chi connectivity index (χ1n) is 8.80. The van der Waals surface area contributed by atoms with Crippen LogP contribution in [0.25, 0.3) is 11.0 Å². The first kappa shape index (κ1) is 22.5. The van der Waals surface area contributed by atoms with Gasteiger partial charge in [0.25, 0.3) is 0 Å². The van der Waals surface area contributed by atoms with Gasteiger partial charge in [-0.15, -0.1) is 23.9 Å². The topological polar surface area (TPSA) is 55.1 Å². The third kappa shape index (κ3) is 4.63. The van der Waals surface area contributed by atoms with E-state index in [0.29, 0.717) is 4.90 Å². The van der Waals surface area contributed by atoms with Crippen LogP contribution >= 0.6 is 11.8 Å². The molecule has 0 amide bonds. The molecule has 2 aromatic heterocycles. The second kappa shape index (κ2) is 8.92. The van der Waals surface area contributed by atoms with Crippen LogP contribution in [0, 0.1) is 46.5 Å². The number of aliphatic carboxylic acids is 1. The van der Waals surface area contributed by atoms with Crippen molar-refractivity contribution >= 4 is 28.8 Å². The van der Waals surface area contributed by atoms with Crippen LogP contribution in [0.15, 0.2) is 46.3 Å². The van der Waals surface area contributed by atoms with Gasteiger partial charge in [0, 0.05) is 63.4 Å². The number of halogens is 3. The molecule has 1 aliphatic rings. The number of alkyl halides is 3. The minimum absolute atomic E-state index is 0. The van der Waals surface area contributed by atoms with E-state index in [-0.39, 0.29) is 52.7 Å². The standard InChI is InChI=1S/C20H16F3N2O2S.Sm/c21-20(22,23)13-5-7-14(8-6-13)28-18-15-4-1-9-24-19(15)25-10-2-3-12(17(18)25)11-16(26)27;/h1,5-9,12H,2-3,10-11H2,(H,26,27);/q-1;. The van der Waals surface area contributed by atoms with E-state index in [1.54, 1.807) is 12.3 Å². The van der Waals surface area contributed by atoms with Crippen molar-refractivity contribution in [2.24, 2.45) is 0 Å². The SMILES string of the molecule is O=C(O)CC1CCCn2c1c(Sc1ccc(C(F)(F)F)cc1)c1[c-]ccnc12.[Sm]. The van der Waals surface area contributed by atoms with Gasteiger partial charge >= 0.3 is 12.1 Å². The molecular weight excluding hydrogens is 540 g/mol. The second-order valence-electron chi connectivity index (χ2n) is 6.71. The molecule has 1 aliphatic heterocycles. The van der Waals surface area contributed by atoms with Crippen LogP contribution < -0.4 is 0 Å². The number of fused-ring (bicyclic) bond motifs is 3. The number of carbonyl (C=O) groups is 1. The van der Waals surface area contributed by atoms with E-state index < -0.39 is 17.7 Å². The van der Waals surface area contributed by atoms with Gasteiger partial charge in [0.1, 0.15) is 0 Å². The Kier molecular flexibility index (Phi) is 6.94. The Bertz CT molecular complexity index is 1030. The number of hydrogen-bond donors (Lipinski definition) is 1. The van der Waals surface area contributed by atoms with Gasteiger partial charge in [-0.25, -0.2) is 0 Å². The van der Waals surface area contributed by atoms with E-state index in [4.69, 9.17) is 0 Å². The van der Waals surface area contributed by atoms with Gasteiger partial charge in [-0.1, -0.05) is 11.6 Å². The maximum Gasteiger partial charge on any atom is 0.416 e. The smallest absolute Gasteiger partial charge is 0.416 e. The van der Waals surface area contributed by atoms with Crippen LogP contribution in [-0.2, 0) is 17.5 Å². The third-order valence-electron chi connectivity index (χ3n) is 4.87. The summed E-state index contributed by atoms with van der Waals surface area (Å²) in [6.07, 6.45) is -1.12. The molecule has 1 aromatic carbocycles. The number of hydrogen-bond acceptors (Lipinski definition) is 3. The van der Waals surface area contributed by atoms with Crippen LogP contribution in [0.4, 0.5) is 13.2 Å². The number of pyridine rings is 1. The molecule has 3 heterocycles. The molecule has 0 saturated heterocycles. The Hall–Kier alpha value is -1.14. The average Bonchev–Trinajstić information content (AvgIpc) is 2.96. The Morgan fingerprint density at radius 3 is 2.69 bits per heavy atom. The van der Waals surface area contributed by atoms with Gasteiger partial charge in [-0.05, 0) is 47.7 Å². The number of carboxylic acid groups (broad SMARTS) is 1. The van der Waals surface area contributed by atoms with E-state index in [9.17, 15) is 23.1 Å². The van der Waals surface area contributed by atoms with E-state index in [0.717, 1.165) is 53.1 Å². The molecule has 0 bridgehead atoms. The van der Waals surface area contributed by atoms with Crippen LogP contribution in [0.2, 0.25) is 0 Å². The van der Waals surface area contributed by atoms with Crippen molar-refractivity contribution in [2.75, 3.05) is 0 Å². The zero-order chi connectivity index (χ0) is 19.9. The molecule has 0 saturated carbocycles. The van der Waals surface area contributed by atoms with E-state index >= 15 is 0 Å². The molecule has 3 aromatic rings. The monoisotopic (exact) mass is 557 g/mol. The first-order chi connectivity index (χ1) is 13.3. The summed E-state index contributed by atoms with van der Waals surface area (Å²) in [7, 11) is 0. The maximum atomic E-state index is 12.8. The molecule has 9 heteroatoms. The number of carboxylic acids is 1. The normalized spacial score (nSPS) is 16.3. The summed E-state index contributed by atoms with van der Waals surface area (Å²) in [6, 6.07) is 9.86. The van der Waals surface area contributed by atoms with Crippen molar-refractivity contribution in [3.8, 4) is 0 Å². The number of aromatic nitrogens is 2. The zero-order valence-electron chi connectivity index (χ0n) is 15.1. The molecule has 152 valence electrons. The number of nitrogens with zero attached hydrogens (tertiary/aromatic N) is 2. The zero-order valence-corrected chi connectivity index (χ0v) is 18.5. The predicted molar refractivity (Wildman–Crippen MR) is 98.4 cm³/mol. The summed E-state index contributed by atoms with van der Waals surface area (Å²) in [5.41, 5.74) is 0.933. The minimum Gasteiger partial charge on any atom is -0.481 e. The van der Waals surface area contributed by atoms with Gasteiger partial charge < -0.3 is 14.7 Å². The van der Waals surface area contributed by atoms with Crippen molar-refractivity contribution in [1.82, 2.24) is 9.55 Å². The Balaban J connectivity index is 0.00000240. The summed E-state index contributed by atoms with van der Waals surface area (Å²) in [6.45, 7) is 0.736. The molecule has 0 fully saturated rings. The summed E-state index contributed by atoms with van der Waals surface area (Å²) in [4.78, 5) is 17.3. The quantitative estimate of drug-likeness (QED) is 0.441. The Morgan fingerprint density at radius 1 is 1.31 bits per heavy atom. The fraction of sp³-hybridized carbons (Fsp3) is 0.300. The van der Waals surface area contributed by atoms with Gasteiger partial charge in [0.05, 0.1) is 12.0 Å². The van der Waals surface area contributed by atoms with Gasteiger partial charge in [0.15, 0.2) is 0 Å². The molecule has 0 aliphatic carbocycles. The molecule has 0 spiro atoms. The van der Waals surface area contributed by atoms with Gasteiger partial charge in [-0.3, -0.25) is 4.79 Å². The molecule has 1 atom stereocenters. The molecule has 29 heavy (non-hydrogen) atoms. The molecule has 1 N–H and O–H groups in total. The van der Waals surface area contributed by atoms with Crippen molar-refractivity contribution < 1.29 is 63.5 Å². The van der Waals surface area contributed by atoms with Crippen LogP contribution in [0.3, 0.4) is 0 Å². The van der Waals surface area contributed by atoms with Crippen molar-refractivity contribution in [3.63, 3.8) is 0 Å². The third-order valence-corrected chi connectivity index (χ3v) is 6.00. The van der Waals surface area contributed by atoms with Crippen molar-refractivity contribution in [3.05, 3.63) is 53.9 Å². The van der Waals surface area contributed by atoms with Gasteiger partial charge in [-0.2, -0.15) is 13.2 Å². The Morgan fingerprint density at radius 2 is 2.03 bits per heavy atom. The van der Waals surface area contributed by atoms with Crippen molar-refractivity contribution in [2.45, 2.75) is 47.7 Å². The van der Waals surface area contributed by atoms with Crippen LogP contribution in [0.1, 0.15) is 36.4 Å². The summed E-state index contributed by atoms with van der Waals surface area (Å²) in [5.74, 6) is -1.03. The van der Waals surface area contributed by atoms with E-state index in [2.05, 4.69) is 11.1 Å². The fourth-order valence-corrected chi connectivity index (χ4v) is 4.84. The minimum atomic E-state index is -4.38. The van der Waals surface area contributed by atoms with Crippen molar-refractivity contribution in [1.29, 1.82) is 0 Å². The van der Waals surface area contributed by atoms with Crippen LogP contribution in [-0.4, -0.2) is 20.6 Å². The summed E-state index contributed by atoms with van der Waals surface area (Å²) >= 11 is 1.34. The summed E-state index contributed by atoms with van der Waals surface area (Å²) in [5, 5.41) is 10.1. The van der Waals surface area contributed by atoms with E-state index in [1.165, 1.54) is 23.9 Å². The number of aryl methyl sites for hydroxylation is 1. The molecule has 1 unspecified atom stereocenters. The molecule has 4 nitrogen and oxygen atoms in total. The maximum absolute atomic E-state index is 12.8. The second-order valence-corrected chi connectivity index (χ2v) is 7.80. The average molecular weight is 556 g/mol. The van der Waals surface area contributed by atoms with Gasteiger partial charge in [0.2, 0.25) is 0 Å². The first-order valence-corrected chi connectivity index (χ1v) is 9.62. The van der Waals surface area contributed by atoms with Crippen LogP contribution in [0.5, 0.6) is 0 Å². The largest absolute Gasteiger partial charge is 0.481 e. The number of benzene rings is 1. The van der Waals surface area contributed by atoms with E-state index in [1.807, 2.05) is 4.57 Å². The fourth-order valence-electron chi connectivity index (χ4n) is 3.70.